The zero-order valence-electron chi connectivity index (χ0n) is 23.1. The van der Waals surface area contributed by atoms with E-state index >= 15 is 4.39 Å². The lowest BCUT2D eigenvalue weighted by molar-refractivity contribution is -0.129. The molecular formula is C29H27F3N6O4. The summed E-state index contributed by atoms with van der Waals surface area (Å²) in [6, 6.07) is 6.04. The summed E-state index contributed by atoms with van der Waals surface area (Å²) >= 11 is 0. The number of rotatable bonds is 5. The van der Waals surface area contributed by atoms with Gasteiger partial charge in [0, 0.05) is 25.4 Å². The Morgan fingerprint density at radius 2 is 1.74 bits per heavy atom. The highest BCUT2D eigenvalue weighted by Crippen LogP contribution is 2.34. The fraction of sp³-hybridized carbons (Fsp3) is 0.276. The van der Waals surface area contributed by atoms with Gasteiger partial charge in [0.25, 0.3) is 5.91 Å². The summed E-state index contributed by atoms with van der Waals surface area (Å²) in [7, 11) is 0. The van der Waals surface area contributed by atoms with Gasteiger partial charge in [-0.15, -0.1) is 0 Å². The molecule has 13 heteroatoms. The number of phenols is 1. The second-order valence-corrected chi connectivity index (χ2v) is 10.2. The minimum absolute atomic E-state index is 0.00187. The van der Waals surface area contributed by atoms with E-state index in [4.69, 9.17) is 0 Å². The van der Waals surface area contributed by atoms with Gasteiger partial charge in [-0.1, -0.05) is 26.5 Å². The smallest absolute Gasteiger partial charge is 0.335 e. The third-order valence-electron chi connectivity index (χ3n) is 7.17. The van der Waals surface area contributed by atoms with E-state index < -0.39 is 51.5 Å². The molecule has 4 aromatic rings. The first-order chi connectivity index (χ1) is 19.9. The number of hydrogen-bond acceptors (Lipinski definition) is 7. The number of piperazine rings is 1. The van der Waals surface area contributed by atoms with Gasteiger partial charge in [-0.25, -0.2) is 22.8 Å². The number of aromatic nitrogens is 4. The van der Waals surface area contributed by atoms with E-state index in [1.165, 1.54) is 22.0 Å². The Labute approximate surface area is 237 Å². The van der Waals surface area contributed by atoms with Crippen LogP contribution in [0, 0.1) is 18.6 Å². The van der Waals surface area contributed by atoms with E-state index in [2.05, 4.69) is 16.5 Å². The Kier molecular flexibility index (Phi) is 7.35. The van der Waals surface area contributed by atoms with Crippen LogP contribution in [0.15, 0.2) is 58.5 Å². The van der Waals surface area contributed by atoms with E-state index in [1.807, 2.05) is 13.8 Å². The molecule has 0 saturated carbocycles. The average molecular weight is 581 g/mol. The number of phenolic OH excluding ortho intramolecular Hbond substituents is 1. The van der Waals surface area contributed by atoms with Crippen LogP contribution in [0.25, 0.3) is 28.1 Å². The Hall–Kier alpha value is -4.94. The van der Waals surface area contributed by atoms with Crippen molar-refractivity contribution in [1.82, 2.24) is 24.1 Å². The van der Waals surface area contributed by atoms with E-state index in [0.717, 1.165) is 21.4 Å². The summed E-state index contributed by atoms with van der Waals surface area (Å²) in [6.45, 7) is 8.43. The first-order valence-corrected chi connectivity index (χ1v) is 13.1. The molecule has 0 bridgehead atoms. The summed E-state index contributed by atoms with van der Waals surface area (Å²) in [5, 5.41) is 11.8. The molecule has 4 heterocycles. The number of pyridine rings is 2. The lowest BCUT2D eigenvalue weighted by Crippen LogP contribution is -2.58. The highest BCUT2D eigenvalue weighted by molar-refractivity contribution is 5.90. The van der Waals surface area contributed by atoms with Crippen molar-refractivity contribution in [3.63, 3.8) is 0 Å². The predicted octanol–water partition coefficient (Wildman–Crippen LogP) is 3.29. The van der Waals surface area contributed by atoms with Crippen LogP contribution in [0.4, 0.5) is 13.2 Å². The standard InChI is InChI=1S/C29H27F3N6O4/c1-15(2)23-25(16(3)8-9-33-23)37-26-20(14-19(32)24(34-26)22-18(31)6-5-7-21(22)39)38(29(42)28(37)41)36-12-10-35(11-13-36)27(40)17(4)30/h5-9,14-15,39H,4,10-13H2,1-3H3. The van der Waals surface area contributed by atoms with Gasteiger partial charge in [-0.3, -0.25) is 23.9 Å². The molecule has 0 spiro atoms. The van der Waals surface area contributed by atoms with Crippen molar-refractivity contribution in [2.45, 2.75) is 26.7 Å². The van der Waals surface area contributed by atoms with Crippen molar-refractivity contribution in [2.75, 3.05) is 31.2 Å². The number of aromatic hydroxyl groups is 1. The molecule has 0 atom stereocenters. The molecule has 42 heavy (non-hydrogen) atoms. The topological polar surface area (TPSA) is 114 Å². The first kappa shape index (κ1) is 28.6. The maximum Gasteiger partial charge on any atom is 0.335 e. The van der Waals surface area contributed by atoms with Crippen molar-refractivity contribution < 1.29 is 23.1 Å². The molecule has 5 rings (SSSR count). The van der Waals surface area contributed by atoms with Crippen molar-refractivity contribution in [2.24, 2.45) is 0 Å². The average Bonchev–Trinajstić information content (AvgIpc) is 2.94. The number of nitrogens with zero attached hydrogens (tertiary/aromatic N) is 6. The number of hydrogen-bond donors (Lipinski definition) is 1. The van der Waals surface area contributed by atoms with Crippen molar-refractivity contribution in [1.29, 1.82) is 0 Å². The Morgan fingerprint density at radius 1 is 1.05 bits per heavy atom. The van der Waals surface area contributed by atoms with Gasteiger partial charge in [0.15, 0.2) is 17.3 Å². The number of fused-ring (bicyclic) bond motifs is 1. The van der Waals surface area contributed by atoms with Gasteiger partial charge >= 0.3 is 11.1 Å². The molecule has 3 aromatic heterocycles. The minimum atomic E-state index is -1.13. The Morgan fingerprint density at radius 3 is 2.36 bits per heavy atom. The fourth-order valence-corrected chi connectivity index (χ4v) is 5.15. The summed E-state index contributed by atoms with van der Waals surface area (Å²) in [5.41, 5.74) is -2.13. The summed E-state index contributed by atoms with van der Waals surface area (Å²) in [6.07, 6.45) is 1.56. The van der Waals surface area contributed by atoms with Gasteiger partial charge in [-0.05, 0) is 36.6 Å². The largest absolute Gasteiger partial charge is 0.507 e. The second kappa shape index (κ2) is 10.8. The zero-order valence-corrected chi connectivity index (χ0v) is 23.1. The third kappa shape index (κ3) is 4.70. The van der Waals surface area contributed by atoms with Gasteiger partial charge in [0.2, 0.25) is 0 Å². The molecule has 1 aliphatic rings. The van der Waals surface area contributed by atoms with Crippen molar-refractivity contribution >= 4 is 17.1 Å². The quantitative estimate of drug-likeness (QED) is 0.285. The van der Waals surface area contributed by atoms with Crippen LogP contribution >= 0.6 is 0 Å². The van der Waals surface area contributed by atoms with Crippen LogP contribution in [-0.4, -0.2) is 61.3 Å². The Balaban J connectivity index is 1.84. The molecular weight excluding hydrogens is 553 g/mol. The lowest BCUT2D eigenvalue weighted by Gasteiger charge is -2.36. The highest BCUT2D eigenvalue weighted by Gasteiger charge is 2.29. The van der Waals surface area contributed by atoms with Crippen LogP contribution in [0.3, 0.4) is 0 Å². The number of benzene rings is 1. The number of halogens is 3. The highest BCUT2D eigenvalue weighted by atomic mass is 19.1. The van der Waals surface area contributed by atoms with Crippen LogP contribution < -0.4 is 16.1 Å². The van der Waals surface area contributed by atoms with Gasteiger partial charge in [0.05, 0.1) is 30.0 Å². The van der Waals surface area contributed by atoms with Gasteiger partial charge in [-0.2, -0.15) is 0 Å². The molecule has 1 N–H and O–H groups in total. The fourth-order valence-electron chi connectivity index (χ4n) is 5.15. The van der Waals surface area contributed by atoms with Crippen LogP contribution in [0.5, 0.6) is 5.75 Å². The number of amides is 1. The van der Waals surface area contributed by atoms with E-state index in [9.17, 15) is 28.3 Å². The van der Waals surface area contributed by atoms with E-state index in [0.29, 0.717) is 11.3 Å². The van der Waals surface area contributed by atoms with Crippen LogP contribution in [0.1, 0.15) is 31.0 Å². The molecule has 10 nitrogen and oxygen atoms in total. The number of carbonyl (C=O) groups is 1. The maximum absolute atomic E-state index is 15.7. The second-order valence-electron chi connectivity index (χ2n) is 10.2. The monoisotopic (exact) mass is 580 g/mol. The van der Waals surface area contributed by atoms with E-state index in [-0.39, 0.29) is 48.9 Å². The normalized spacial score (nSPS) is 13.7. The van der Waals surface area contributed by atoms with Crippen LogP contribution in [-0.2, 0) is 4.79 Å². The summed E-state index contributed by atoms with van der Waals surface area (Å²) in [4.78, 5) is 49.7. The Bertz CT molecular complexity index is 1860. The zero-order chi connectivity index (χ0) is 30.5. The third-order valence-corrected chi connectivity index (χ3v) is 7.17. The molecule has 1 fully saturated rings. The molecule has 1 aromatic carbocycles. The van der Waals surface area contributed by atoms with Gasteiger partial charge in [0.1, 0.15) is 22.8 Å². The summed E-state index contributed by atoms with van der Waals surface area (Å²) < 4.78 is 46.1. The lowest BCUT2D eigenvalue weighted by atomic mass is 10.0. The SMILES string of the molecule is C=C(F)C(=O)N1CCN(n2c(=O)c(=O)n(-c3c(C)ccnc3C(C)C)c3nc(-c4c(O)cccc4F)c(F)cc32)CC1. The summed E-state index contributed by atoms with van der Waals surface area (Å²) in [5.74, 6) is -4.79. The first-order valence-electron chi connectivity index (χ1n) is 13.1. The molecule has 1 saturated heterocycles. The molecule has 218 valence electrons. The molecule has 0 radical (unpaired) electrons. The molecule has 0 aliphatic carbocycles. The number of carbonyl (C=O) groups excluding carboxylic acids is 1. The van der Waals surface area contributed by atoms with Crippen molar-refractivity contribution in [3.05, 3.63) is 92.5 Å². The van der Waals surface area contributed by atoms with E-state index in [1.54, 1.807) is 19.2 Å². The minimum Gasteiger partial charge on any atom is -0.507 e. The van der Waals surface area contributed by atoms with Gasteiger partial charge < -0.3 is 15.0 Å². The maximum atomic E-state index is 15.7. The molecule has 0 unspecified atom stereocenters. The predicted molar refractivity (Wildman–Crippen MR) is 150 cm³/mol. The molecule has 1 amide bonds. The van der Waals surface area contributed by atoms with Crippen molar-refractivity contribution in [3.8, 4) is 22.7 Å². The van der Waals surface area contributed by atoms with Crippen LogP contribution in [0.2, 0.25) is 0 Å². The number of aryl methyl sites for hydroxylation is 1. The molecule has 1 aliphatic heterocycles.